The first kappa shape index (κ1) is 20.5. The molecule has 0 spiro atoms. The molecule has 1 heterocycles. The number of benzene rings is 1. The highest BCUT2D eigenvalue weighted by Crippen LogP contribution is 2.04. The van der Waals surface area contributed by atoms with E-state index in [0.29, 0.717) is 25.9 Å². The Hall–Kier alpha value is -2.77. The third-order valence-corrected chi connectivity index (χ3v) is 4.24. The minimum absolute atomic E-state index is 0.276. The molecular weight excluding hydrogens is 342 g/mol. The van der Waals surface area contributed by atoms with Crippen LogP contribution in [-0.4, -0.2) is 28.9 Å². The summed E-state index contributed by atoms with van der Waals surface area (Å²) in [5.74, 6) is -0.607. The zero-order valence-corrected chi connectivity index (χ0v) is 15.5. The Morgan fingerprint density at radius 1 is 1.07 bits per heavy atom. The van der Waals surface area contributed by atoms with Gasteiger partial charge in [0.1, 0.15) is 6.04 Å². The summed E-state index contributed by atoms with van der Waals surface area (Å²) in [5.41, 5.74) is 14.2. The van der Waals surface area contributed by atoms with E-state index in [0.717, 1.165) is 16.8 Å². The van der Waals surface area contributed by atoms with Gasteiger partial charge in [0.2, 0.25) is 11.8 Å². The van der Waals surface area contributed by atoms with Crippen LogP contribution >= 0.6 is 0 Å². The second-order valence-corrected chi connectivity index (χ2v) is 6.44. The van der Waals surface area contributed by atoms with Crippen molar-refractivity contribution in [3.05, 3.63) is 65.5 Å². The molecule has 0 saturated heterocycles. The molecular formula is C20H27N5O2. The molecule has 6 N–H and O–H groups in total. The summed E-state index contributed by atoms with van der Waals surface area (Å²) in [7, 11) is 0. The molecule has 7 heteroatoms. The second-order valence-electron chi connectivity index (χ2n) is 6.44. The van der Waals surface area contributed by atoms with Crippen molar-refractivity contribution in [1.29, 1.82) is 0 Å². The third-order valence-electron chi connectivity index (χ3n) is 4.24. The summed E-state index contributed by atoms with van der Waals surface area (Å²) < 4.78 is 0. The van der Waals surface area contributed by atoms with Gasteiger partial charge in [0.15, 0.2) is 0 Å². The summed E-state index contributed by atoms with van der Waals surface area (Å²) >= 11 is 0. The molecule has 0 aliphatic rings. The molecule has 1 aromatic heterocycles. The van der Waals surface area contributed by atoms with Gasteiger partial charge in [-0.25, -0.2) is 0 Å². The van der Waals surface area contributed by atoms with Crippen LogP contribution in [0.5, 0.6) is 0 Å². The number of nitrogens with zero attached hydrogens (tertiary/aromatic N) is 1. The van der Waals surface area contributed by atoms with E-state index < -0.39 is 12.1 Å². The standard InChI is InChI=1S/C20H27N5O2/c1-14(19(26)24-13-16-7-9-17(11-21)23-12-16)25-20(27)18(22)10-8-15-5-3-2-4-6-15/h2-7,9,12,14,18H,8,10-11,13,21-22H2,1H3,(H,24,26)(H,25,27). The zero-order valence-electron chi connectivity index (χ0n) is 15.5. The van der Waals surface area contributed by atoms with Gasteiger partial charge in [-0.3, -0.25) is 14.6 Å². The predicted molar refractivity (Wildman–Crippen MR) is 104 cm³/mol. The number of nitrogens with one attached hydrogen (secondary N) is 2. The van der Waals surface area contributed by atoms with Gasteiger partial charge in [0.25, 0.3) is 0 Å². The van der Waals surface area contributed by atoms with Gasteiger partial charge in [-0.1, -0.05) is 36.4 Å². The van der Waals surface area contributed by atoms with E-state index in [1.165, 1.54) is 0 Å². The summed E-state index contributed by atoms with van der Waals surface area (Å²) in [6, 6.07) is 12.2. The Morgan fingerprint density at radius 2 is 1.81 bits per heavy atom. The molecule has 0 fully saturated rings. The number of carbonyl (C=O) groups is 2. The molecule has 0 saturated carbocycles. The summed E-state index contributed by atoms with van der Waals surface area (Å²) in [6.45, 7) is 2.34. The average Bonchev–Trinajstić information content (AvgIpc) is 2.71. The highest BCUT2D eigenvalue weighted by Gasteiger charge is 2.19. The predicted octanol–water partition coefficient (Wildman–Crippen LogP) is 0.621. The Bertz CT molecular complexity index is 734. The molecule has 1 aromatic carbocycles. The molecule has 2 rings (SSSR count). The molecule has 2 atom stereocenters. The quantitative estimate of drug-likeness (QED) is 0.516. The molecule has 2 aromatic rings. The lowest BCUT2D eigenvalue weighted by Crippen LogP contribution is -2.50. The SMILES string of the molecule is CC(NC(=O)C(N)CCc1ccccc1)C(=O)NCc1ccc(CN)nc1. The second kappa shape index (κ2) is 10.4. The number of rotatable bonds is 9. The van der Waals surface area contributed by atoms with Gasteiger partial charge in [-0.15, -0.1) is 0 Å². The van der Waals surface area contributed by atoms with Crippen molar-refractivity contribution in [1.82, 2.24) is 15.6 Å². The number of hydrogen-bond acceptors (Lipinski definition) is 5. The van der Waals surface area contributed by atoms with E-state index in [2.05, 4.69) is 15.6 Å². The molecule has 0 aliphatic carbocycles. The fraction of sp³-hybridized carbons (Fsp3) is 0.350. The van der Waals surface area contributed by atoms with Crippen LogP contribution in [0.4, 0.5) is 0 Å². The van der Waals surface area contributed by atoms with Gasteiger partial charge >= 0.3 is 0 Å². The first-order valence-electron chi connectivity index (χ1n) is 9.01. The summed E-state index contributed by atoms with van der Waals surface area (Å²) in [4.78, 5) is 28.5. The van der Waals surface area contributed by atoms with E-state index in [9.17, 15) is 9.59 Å². The van der Waals surface area contributed by atoms with E-state index >= 15 is 0 Å². The minimum Gasteiger partial charge on any atom is -0.350 e. The largest absolute Gasteiger partial charge is 0.350 e. The van der Waals surface area contributed by atoms with E-state index in [1.807, 2.05) is 42.5 Å². The maximum absolute atomic E-state index is 12.2. The number of amides is 2. The maximum Gasteiger partial charge on any atom is 0.242 e. The molecule has 0 bridgehead atoms. The molecule has 0 radical (unpaired) electrons. The fourth-order valence-electron chi connectivity index (χ4n) is 2.51. The van der Waals surface area contributed by atoms with Crippen LogP contribution in [-0.2, 0) is 29.1 Å². The van der Waals surface area contributed by atoms with Crippen LogP contribution in [0, 0.1) is 0 Å². The monoisotopic (exact) mass is 369 g/mol. The van der Waals surface area contributed by atoms with Crippen LogP contribution in [0.15, 0.2) is 48.7 Å². The van der Waals surface area contributed by atoms with Crippen LogP contribution in [0.3, 0.4) is 0 Å². The maximum atomic E-state index is 12.2. The van der Waals surface area contributed by atoms with Gasteiger partial charge in [-0.05, 0) is 37.0 Å². The molecule has 0 aliphatic heterocycles. The lowest BCUT2D eigenvalue weighted by molar-refractivity contribution is -0.129. The number of nitrogens with two attached hydrogens (primary N) is 2. The Morgan fingerprint density at radius 3 is 2.44 bits per heavy atom. The lowest BCUT2D eigenvalue weighted by Gasteiger charge is -2.17. The Labute approximate surface area is 159 Å². The molecule has 7 nitrogen and oxygen atoms in total. The molecule has 2 amide bonds. The van der Waals surface area contributed by atoms with Gasteiger partial charge in [0.05, 0.1) is 11.7 Å². The summed E-state index contributed by atoms with van der Waals surface area (Å²) in [5, 5.41) is 5.43. The highest BCUT2D eigenvalue weighted by molar-refractivity contribution is 5.89. The average molecular weight is 369 g/mol. The van der Waals surface area contributed by atoms with Crippen LogP contribution in [0.1, 0.15) is 30.2 Å². The molecule has 27 heavy (non-hydrogen) atoms. The normalized spacial score (nSPS) is 12.9. The number of aryl methyl sites for hydroxylation is 1. The van der Waals surface area contributed by atoms with Gasteiger partial charge in [-0.2, -0.15) is 0 Å². The minimum atomic E-state index is -0.670. The van der Waals surface area contributed by atoms with E-state index in [-0.39, 0.29) is 11.8 Å². The molecule has 144 valence electrons. The first-order chi connectivity index (χ1) is 13.0. The zero-order chi connectivity index (χ0) is 19.6. The topological polar surface area (TPSA) is 123 Å². The number of carbonyl (C=O) groups excluding carboxylic acids is 2. The van der Waals surface area contributed by atoms with Crippen molar-refractivity contribution >= 4 is 11.8 Å². The number of hydrogen-bond donors (Lipinski definition) is 4. The highest BCUT2D eigenvalue weighted by atomic mass is 16.2. The van der Waals surface area contributed by atoms with Crippen LogP contribution in [0.25, 0.3) is 0 Å². The van der Waals surface area contributed by atoms with Crippen molar-refractivity contribution in [3.8, 4) is 0 Å². The lowest BCUT2D eigenvalue weighted by atomic mass is 10.1. The van der Waals surface area contributed by atoms with Crippen molar-refractivity contribution < 1.29 is 9.59 Å². The van der Waals surface area contributed by atoms with Gasteiger partial charge < -0.3 is 22.1 Å². The van der Waals surface area contributed by atoms with Crippen LogP contribution < -0.4 is 22.1 Å². The van der Waals surface area contributed by atoms with E-state index in [1.54, 1.807) is 13.1 Å². The van der Waals surface area contributed by atoms with Crippen molar-refractivity contribution in [2.45, 2.75) is 44.9 Å². The number of pyridine rings is 1. The smallest absolute Gasteiger partial charge is 0.242 e. The third kappa shape index (κ3) is 6.80. The molecule has 2 unspecified atom stereocenters. The van der Waals surface area contributed by atoms with Crippen molar-refractivity contribution in [2.24, 2.45) is 11.5 Å². The Kier molecular flexibility index (Phi) is 7.91. The van der Waals surface area contributed by atoms with Crippen LogP contribution in [0.2, 0.25) is 0 Å². The fourth-order valence-corrected chi connectivity index (χ4v) is 2.51. The number of aromatic nitrogens is 1. The Balaban J connectivity index is 1.74. The van der Waals surface area contributed by atoms with Crippen molar-refractivity contribution in [3.63, 3.8) is 0 Å². The van der Waals surface area contributed by atoms with Crippen molar-refractivity contribution in [2.75, 3.05) is 0 Å². The van der Waals surface area contributed by atoms with E-state index in [4.69, 9.17) is 11.5 Å². The first-order valence-corrected chi connectivity index (χ1v) is 9.01. The van der Waals surface area contributed by atoms with Gasteiger partial charge in [0, 0.05) is 19.3 Å². The summed E-state index contributed by atoms with van der Waals surface area (Å²) in [6.07, 6.45) is 2.90.